The third-order valence-corrected chi connectivity index (χ3v) is 6.16. The number of nitro groups is 1. The predicted molar refractivity (Wildman–Crippen MR) is 128 cm³/mol. The second-order valence-electron chi connectivity index (χ2n) is 6.64. The van der Waals surface area contributed by atoms with Crippen LogP contribution in [0.1, 0.15) is 11.1 Å². The maximum atomic E-state index is 11.0. The van der Waals surface area contributed by atoms with Gasteiger partial charge in [-0.2, -0.15) is 0 Å². The van der Waals surface area contributed by atoms with Crippen molar-refractivity contribution in [1.29, 1.82) is 0 Å². The normalized spacial score (nSPS) is 11.7. The highest BCUT2D eigenvalue weighted by molar-refractivity contribution is 9.10. The standard InChI is InChI=1S/C23H16BrN3O2S/c1-15-4-11-20-22(13-15)30-23(26-20)17-6-8-18(9-7-17)25-12-2-3-16-5-10-19(24)21(14-16)27(28)29/h2-14H,1H3. The fourth-order valence-corrected chi connectivity index (χ4v) is 4.36. The van der Waals surface area contributed by atoms with Crippen molar-refractivity contribution in [2.24, 2.45) is 4.99 Å². The highest BCUT2D eigenvalue weighted by atomic mass is 79.9. The molecule has 1 aromatic heterocycles. The lowest BCUT2D eigenvalue weighted by Crippen LogP contribution is -1.89. The lowest BCUT2D eigenvalue weighted by atomic mass is 10.2. The van der Waals surface area contributed by atoms with Crippen molar-refractivity contribution in [3.05, 3.63) is 92.5 Å². The zero-order valence-corrected chi connectivity index (χ0v) is 18.4. The minimum absolute atomic E-state index is 0.0367. The summed E-state index contributed by atoms with van der Waals surface area (Å²) < 4.78 is 1.65. The third-order valence-electron chi connectivity index (χ3n) is 4.42. The zero-order valence-electron chi connectivity index (χ0n) is 15.9. The van der Waals surface area contributed by atoms with Gasteiger partial charge in [0.15, 0.2) is 0 Å². The van der Waals surface area contributed by atoms with E-state index >= 15 is 0 Å². The molecule has 4 rings (SSSR count). The molecule has 0 spiro atoms. The van der Waals surface area contributed by atoms with Gasteiger partial charge >= 0.3 is 0 Å². The van der Waals surface area contributed by atoms with E-state index in [4.69, 9.17) is 4.98 Å². The lowest BCUT2D eigenvalue weighted by Gasteiger charge is -1.97. The van der Waals surface area contributed by atoms with Crippen molar-refractivity contribution in [3.63, 3.8) is 0 Å². The number of rotatable bonds is 5. The summed E-state index contributed by atoms with van der Waals surface area (Å²) in [6, 6.07) is 19.2. The van der Waals surface area contributed by atoms with Crippen LogP contribution < -0.4 is 0 Å². The topological polar surface area (TPSA) is 68.4 Å². The number of fused-ring (bicyclic) bond motifs is 1. The minimum Gasteiger partial charge on any atom is -0.258 e. The number of hydrogen-bond acceptors (Lipinski definition) is 5. The van der Waals surface area contributed by atoms with Gasteiger partial charge in [0.05, 0.1) is 25.3 Å². The quantitative estimate of drug-likeness (QED) is 0.171. The Morgan fingerprint density at radius 1 is 1.10 bits per heavy atom. The fraction of sp³-hybridized carbons (Fsp3) is 0.0435. The molecule has 4 aromatic rings. The molecule has 0 aliphatic heterocycles. The number of aromatic nitrogens is 1. The van der Waals surface area contributed by atoms with Crippen LogP contribution >= 0.6 is 27.3 Å². The first-order valence-corrected chi connectivity index (χ1v) is 10.7. The van der Waals surface area contributed by atoms with E-state index in [-0.39, 0.29) is 5.69 Å². The fourth-order valence-electron chi connectivity index (χ4n) is 2.90. The van der Waals surface area contributed by atoms with Crippen LogP contribution in [0.15, 0.2) is 76.2 Å². The van der Waals surface area contributed by atoms with Gasteiger partial charge in [-0.3, -0.25) is 15.1 Å². The van der Waals surface area contributed by atoms with Crippen LogP contribution in [0.3, 0.4) is 0 Å². The summed E-state index contributed by atoms with van der Waals surface area (Å²) >= 11 is 4.86. The number of benzene rings is 3. The number of halogens is 1. The maximum absolute atomic E-state index is 11.0. The van der Waals surface area contributed by atoms with E-state index in [0.29, 0.717) is 4.47 Å². The molecule has 0 bridgehead atoms. The largest absolute Gasteiger partial charge is 0.284 e. The van der Waals surface area contributed by atoms with Crippen molar-refractivity contribution in [3.8, 4) is 10.6 Å². The van der Waals surface area contributed by atoms with Crippen LogP contribution in [0.4, 0.5) is 11.4 Å². The molecule has 0 N–H and O–H groups in total. The Kier molecular flexibility index (Phi) is 5.83. The van der Waals surface area contributed by atoms with Gasteiger partial charge in [0.25, 0.3) is 5.69 Å². The molecule has 0 saturated heterocycles. The molecule has 7 heteroatoms. The molecule has 3 aromatic carbocycles. The molecule has 0 amide bonds. The molecule has 0 aliphatic carbocycles. The first kappa shape index (κ1) is 20.1. The first-order chi connectivity index (χ1) is 14.5. The SMILES string of the molecule is Cc1ccc2nc(-c3ccc(N=CC=Cc4ccc(Br)c([N+](=O)[O-])c4)cc3)sc2c1. The van der Waals surface area contributed by atoms with Crippen molar-refractivity contribution in [1.82, 2.24) is 4.98 Å². The van der Waals surface area contributed by atoms with Crippen molar-refractivity contribution < 1.29 is 4.92 Å². The van der Waals surface area contributed by atoms with Crippen LogP contribution in [0.2, 0.25) is 0 Å². The monoisotopic (exact) mass is 477 g/mol. The predicted octanol–water partition coefficient (Wildman–Crippen LogP) is 7.36. The molecule has 5 nitrogen and oxygen atoms in total. The molecular formula is C23H16BrN3O2S. The Hall–Kier alpha value is -3.16. The molecule has 148 valence electrons. The smallest absolute Gasteiger partial charge is 0.258 e. The summed E-state index contributed by atoms with van der Waals surface area (Å²) in [6.45, 7) is 2.08. The van der Waals surface area contributed by atoms with Gasteiger partial charge in [-0.05, 0) is 82.5 Å². The lowest BCUT2D eigenvalue weighted by molar-refractivity contribution is -0.385. The van der Waals surface area contributed by atoms with E-state index in [1.165, 1.54) is 16.3 Å². The van der Waals surface area contributed by atoms with Crippen LogP contribution in [0, 0.1) is 17.0 Å². The molecular weight excluding hydrogens is 462 g/mol. The van der Waals surface area contributed by atoms with E-state index in [9.17, 15) is 10.1 Å². The van der Waals surface area contributed by atoms with Gasteiger partial charge in [-0.15, -0.1) is 11.3 Å². The Morgan fingerprint density at radius 3 is 2.67 bits per heavy atom. The van der Waals surface area contributed by atoms with E-state index in [2.05, 4.69) is 46.0 Å². The number of aliphatic imine (C=N–C) groups is 1. The number of thiazole rings is 1. The maximum Gasteiger partial charge on any atom is 0.284 e. The number of aryl methyl sites for hydroxylation is 1. The molecule has 0 radical (unpaired) electrons. The molecule has 0 aliphatic rings. The van der Waals surface area contributed by atoms with Crippen LogP contribution in [-0.4, -0.2) is 16.1 Å². The number of allylic oxidation sites excluding steroid dienone is 1. The second kappa shape index (κ2) is 8.69. The average Bonchev–Trinajstić information content (AvgIpc) is 3.15. The summed E-state index contributed by atoms with van der Waals surface area (Å²) in [7, 11) is 0. The van der Waals surface area contributed by atoms with E-state index in [0.717, 1.165) is 27.3 Å². The van der Waals surface area contributed by atoms with Crippen LogP contribution in [0.5, 0.6) is 0 Å². The molecule has 0 saturated carbocycles. The number of nitrogens with zero attached hydrogens (tertiary/aromatic N) is 3. The van der Waals surface area contributed by atoms with Gasteiger partial charge in [-0.1, -0.05) is 18.2 Å². The average molecular weight is 478 g/mol. The van der Waals surface area contributed by atoms with Gasteiger partial charge in [0.1, 0.15) is 5.01 Å². The zero-order chi connectivity index (χ0) is 21.1. The number of hydrogen-bond donors (Lipinski definition) is 0. The van der Waals surface area contributed by atoms with Gasteiger partial charge in [0.2, 0.25) is 0 Å². The van der Waals surface area contributed by atoms with Crippen molar-refractivity contribution in [2.45, 2.75) is 6.92 Å². The Morgan fingerprint density at radius 2 is 1.90 bits per heavy atom. The molecule has 30 heavy (non-hydrogen) atoms. The van der Waals surface area contributed by atoms with E-state index in [1.54, 1.807) is 41.8 Å². The van der Waals surface area contributed by atoms with Gasteiger partial charge in [0, 0.05) is 17.8 Å². The highest BCUT2D eigenvalue weighted by Gasteiger charge is 2.11. The summed E-state index contributed by atoms with van der Waals surface area (Å²) in [4.78, 5) is 19.7. The Labute approximate surface area is 185 Å². The summed E-state index contributed by atoms with van der Waals surface area (Å²) in [6.07, 6.45) is 5.21. The number of nitro benzene ring substituents is 1. The van der Waals surface area contributed by atoms with Crippen LogP contribution in [-0.2, 0) is 0 Å². The van der Waals surface area contributed by atoms with Crippen molar-refractivity contribution in [2.75, 3.05) is 0 Å². The highest BCUT2D eigenvalue weighted by Crippen LogP contribution is 2.31. The first-order valence-electron chi connectivity index (χ1n) is 9.12. The van der Waals surface area contributed by atoms with Crippen molar-refractivity contribution >= 4 is 61.1 Å². The van der Waals surface area contributed by atoms with Gasteiger partial charge < -0.3 is 0 Å². The Bertz CT molecular complexity index is 1290. The minimum atomic E-state index is -0.413. The molecule has 1 heterocycles. The summed E-state index contributed by atoms with van der Waals surface area (Å²) in [5, 5.41) is 12.0. The van der Waals surface area contributed by atoms with Gasteiger partial charge in [-0.25, -0.2) is 4.98 Å². The molecule has 0 fully saturated rings. The molecule has 0 unspecified atom stereocenters. The molecule has 0 atom stereocenters. The summed E-state index contributed by atoms with van der Waals surface area (Å²) in [5.41, 5.74) is 4.90. The van der Waals surface area contributed by atoms with E-state index in [1.807, 2.05) is 24.3 Å². The third kappa shape index (κ3) is 4.53. The summed E-state index contributed by atoms with van der Waals surface area (Å²) in [5.74, 6) is 0. The van der Waals surface area contributed by atoms with Crippen LogP contribution in [0.25, 0.3) is 26.9 Å². The second-order valence-corrected chi connectivity index (χ2v) is 8.53. The van der Waals surface area contributed by atoms with E-state index < -0.39 is 4.92 Å². The Balaban J connectivity index is 1.46.